The first kappa shape index (κ1) is 15.0. The molecule has 0 aliphatic heterocycles. The molecule has 3 N–H and O–H groups in total. The number of aliphatic hydroxyl groups excluding tert-OH is 1. The lowest BCUT2D eigenvalue weighted by molar-refractivity contribution is 0.0945. The molecule has 118 valence electrons. The van der Waals surface area contributed by atoms with Crippen molar-refractivity contribution in [3.05, 3.63) is 52.6 Å². The molecule has 0 fully saturated rings. The average molecular weight is 312 g/mol. The smallest absolute Gasteiger partial charge is 0.327 e. The highest BCUT2D eigenvalue weighted by atomic mass is 16.3. The number of aryl methyl sites for hydroxylation is 1. The molecule has 0 atom stereocenters. The number of nitrogens with one attached hydrogen (secondary N) is 2. The number of aromatic amines is 1. The molecule has 0 bridgehead atoms. The van der Waals surface area contributed by atoms with Crippen LogP contribution in [-0.2, 0) is 7.05 Å². The Kier molecular flexibility index (Phi) is 3.94. The monoisotopic (exact) mass is 312 g/mol. The molecule has 0 saturated heterocycles. The largest absolute Gasteiger partial charge is 0.395 e. The third kappa shape index (κ3) is 2.86. The van der Waals surface area contributed by atoms with Gasteiger partial charge in [-0.05, 0) is 23.8 Å². The first-order chi connectivity index (χ1) is 11.1. The fraction of sp³-hybridized carbons (Fsp3) is 0.188. The molecule has 0 spiro atoms. The molecule has 1 aromatic carbocycles. The van der Waals surface area contributed by atoms with Gasteiger partial charge in [0, 0.05) is 30.9 Å². The molecular weight excluding hydrogens is 296 g/mol. The third-order valence-electron chi connectivity index (χ3n) is 3.61. The lowest BCUT2D eigenvalue weighted by Crippen LogP contribution is -2.26. The van der Waals surface area contributed by atoms with Gasteiger partial charge in [0.2, 0.25) is 0 Å². The second kappa shape index (κ2) is 6.05. The quantitative estimate of drug-likeness (QED) is 0.658. The summed E-state index contributed by atoms with van der Waals surface area (Å²) in [6, 6.07) is 8.96. The predicted octanol–water partition coefficient (Wildman–Crippen LogP) is 0.651. The topological polar surface area (TPSA) is 100 Å². The second-order valence-electron chi connectivity index (χ2n) is 5.14. The minimum atomic E-state index is -0.246. The van der Waals surface area contributed by atoms with Gasteiger partial charge in [-0.15, -0.1) is 0 Å². The Morgan fingerprint density at radius 1 is 1.35 bits per heavy atom. The van der Waals surface area contributed by atoms with E-state index in [1.54, 1.807) is 31.4 Å². The summed E-state index contributed by atoms with van der Waals surface area (Å²) in [5.41, 5.74) is 3.13. The van der Waals surface area contributed by atoms with Crippen LogP contribution in [0.25, 0.3) is 22.3 Å². The van der Waals surface area contributed by atoms with Crippen LogP contribution in [-0.4, -0.2) is 38.7 Å². The Labute approximate surface area is 131 Å². The molecule has 7 heteroatoms. The Balaban J connectivity index is 2.00. The van der Waals surface area contributed by atoms with Gasteiger partial charge in [-0.3, -0.25) is 14.3 Å². The highest BCUT2D eigenvalue weighted by Gasteiger charge is 2.09. The van der Waals surface area contributed by atoms with Crippen molar-refractivity contribution in [2.45, 2.75) is 0 Å². The zero-order valence-corrected chi connectivity index (χ0v) is 12.5. The van der Waals surface area contributed by atoms with E-state index in [-0.39, 0.29) is 24.7 Å². The van der Waals surface area contributed by atoms with E-state index in [0.29, 0.717) is 16.7 Å². The van der Waals surface area contributed by atoms with Crippen LogP contribution in [0.5, 0.6) is 0 Å². The van der Waals surface area contributed by atoms with E-state index in [1.807, 2.05) is 12.1 Å². The van der Waals surface area contributed by atoms with E-state index in [1.165, 1.54) is 4.57 Å². The highest BCUT2D eigenvalue weighted by molar-refractivity contribution is 5.95. The number of imidazole rings is 1. The van der Waals surface area contributed by atoms with Gasteiger partial charge in [0.1, 0.15) is 0 Å². The van der Waals surface area contributed by atoms with Gasteiger partial charge in [0.15, 0.2) is 5.65 Å². The fourth-order valence-corrected chi connectivity index (χ4v) is 2.37. The van der Waals surface area contributed by atoms with Crippen molar-refractivity contribution in [3.63, 3.8) is 0 Å². The Bertz CT molecular complexity index is 926. The van der Waals surface area contributed by atoms with Gasteiger partial charge < -0.3 is 10.4 Å². The zero-order valence-electron chi connectivity index (χ0n) is 12.5. The number of aliphatic hydroxyl groups is 1. The van der Waals surface area contributed by atoms with Crippen molar-refractivity contribution in [2.75, 3.05) is 13.2 Å². The van der Waals surface area contributed by atoms with Crippen molar-refractivity contribution in [1.82, 2.24) is 19.9 Å². The summed E-state index contributed by atoms with van der Waals surface area (Å²) in [5, 5.41) is 11.4. The van der Waals surface area contributed by atoms with Crippen LogP contribution >= 0.6 is 0 Å². The molecular formula is C16H16N4O3. The van der Waals surface area contributed by atoms with E-state index in [2.05, 4.69) is 15.3 Å². The van der Waals surface area contributed by atoms with Gasteiger partial charge in [0.05, 0.1) is 12.1 Å². The molecule has 3 aromatic rings. The first-order valence-electron chi connectivity index (χ1n) is 7.14. The number of benzene rings is 1. The SMILES string of the molecule is Cn1c(=O)[nH]c2ncc(-c3cccc(C(=O)NCCO)c3)cc21. The number of carbonyl (C=O) groups excluding carboxylic acids is 1. The number of rotatable bonds is 4. The summed E-state index contributed by atoms with van der Waals surface area (Å²) < 4.78 is 1.49. The summed E-state index contributed by atoms with van der Waals surface area (Å²) in [6.07, 6.45) is 1.66. The summed E-state index contributed by atoms with van der Waals surface area (Å²) in [5.74, 6) is -0.246. The van der Waals surface area contributed by atoms with Crippen LogP contribution in [0.4, 0.5) is 0 Å². The summed E-state index contributed by atoms with van der Waals surface area (Å²) in [7, 11) is 1.67. The molecule has 0 unspecified atom stereocenters. The fourth-order valence-electron chi connectivity index (χ4n) is 2.37. The molecule has 3 rings (SSSR count). The number of hydrogen-bond acceptors (Lipinski definition) is 4. The zero-order chi connectivity index (χ0) is 16.4. The molecule has 0 aliphatic carbocycles. The summed E-state index contributed by atoms with van der Waals surface area (Å²) >= 11 is 0. The molecule has 23 heavy (non-hydrogen) atoms. The van der Waals surface area contributed by atoms with E-state index in [9.17, 15) is 9.59 Å². The average Bonchev–Trinajstić information content (AvgIpc) is 2.87. The number of hydrogen-bond donors (Lipinski definition) is 3. The van der Waals surface area contributed by atoms with Gasteiger partial charge >= 0.3 is 5.69 Å². The normalized spacial score (nSPS) is 10.9. The molecule has 2 aromatic heterocycles. The third-order valence-corrected chi connectivity index (χ3v) is 3.61. The number of amides is 1. The predicted molar refractivity (Wildman–Crippen MR) is 86.2 cm³/mol. The Hall–Kier alpha value is -2.93. The maximum absolute atomic E-state index is 12.0. The summed E-state index contributed by atoms with van der Waals surface area (Å²) in [6.45, 7) is 0.107. The second-order valence-corrected chi connectivity index (χ2v) is 5.14. The summed E-state index contributed by atoms with van der Waals surface area (Å²) in [4.78, 5) is 30.5. The number of pyridine rings is 1. The van der Waals surface area contributed by atoms with Crippen molar-refractivity contribution in [1.29, 1.82) is 0 Å². The molecule has 1 amide bonds. The highest BCUT2D eigenvalue weighted by Crippen LogP contribution is 2.22. The number of H-pyrrole nitrogens is 1. The van der Waals surface area contributed by atoms with Gasteiger partial charge in [-0.2, -0.15) is 0 Å². The number of nitrogens with zero attached hydrogens (tertiary/aromatic N) is 2. The van der Waals surface area contributed by atoms with Crippen LogP contribution in [0.1, 0.15) is 10.4 Å². The van der Waals surface area contributed by atoms with Gasteiger partial charge in [-0.25, -0.2) is 9.78 Å². The van der Waals surface area contributed by atoms with E-state index in [4.69, 9.17) is 5.11 Å². The Morgan fingerprint density at radius 3 is 2.96 bits per heavy atom. The minimum Gasteiger partial charge on any atom is -0.395 e. The van der Waals surface area contributed by atoms with E-state index in [0.717, 1.165) is 11.1 Å². The van der Waals surface area contributed by atoms with Crippen LogP contribution in [0.3, 0.4) is 0 Å². The molecule has 0 saturated carbocycles. The number of fused-ring (bicyclic) bond motifs is 1. The molecule has 7 nitrogen and oxygen atoms in total. The lowest BCUT2D eigenvalue weighted by atomic mass is 10.0. The lowest BCUT2D eigenvalue weighted by Gasteiger charge is -2.06. The van der Waals surface area contributed by atoms with Crippen molar-refractivity contribution < 1.29 is 9.90 Å². The van der Waals surface area contributed by atoms with Gasteiger partial charge in [0.25, 0.3) is 5.91 Å². The van der Waals surface area contributed by atoms with E-state index < -0.39 is 0 Å². The van der Waals surface area contributed by atoms with Crippen LogP contribution in [0.15, 0.2) is 41.3 Å². The maximum atomic E-state index is 12.0. The number of aromatic nitrogens is 3. The molecule has 0 radical (unpaired) electrons. The van der Waals surface area contributed by atoms with Crippen LogP contribution < -0.4 is 11.0 Å². The van der Waals surface area contributed by atoms with Crippen molar-refractivity contribution in [3.8, 4) is 11.1 Å². The standard InChI is InChI=1S/C16H16N4O3/c1-20-13-8-12(9-18-14(13)19-16(20)23)10-3-2-4-11(7-10)15(22)17-5-6-21/h2-4,7-9,21H,5-6H2,1H3,(H,17,22)(H,18,19,23). The molecule has 0 aliphatic rings. The van der Waals surface area contributed by atoms with Crippen LogP contribution in [0, 0.1) is 0 Å². The molecule has 2 heterocycles. The Morgan fingerprint density at radius 2 is 2.17 bits per heavy atom. The van der Waals surface area contributed by atoms with Crippen molar-refractivity contribution in [2.24, 2.45) is 7.05 Å². The first-order valence-corrected chi connectivity index (χ1v) is 7.14. The van der Waals surface area contributed by atoms with Gasteiger partial charge in [-0.1, -0.05) is 12.1 Å². The van der Waals surface area contributed by atoms with E-state index >= 15 is 0 Å². The number of carbonyl (C=O) groups is 1. The maximum Gasteiger partial charge on any atom is 0.327 e. The van der Waals surface area contributed by atoms with Crippen molar-refractivity contribution >= 4 is 17.1 Å². The minimum absolute atomic E-state index is 0.104. The van der Waals surface area contributed by atoms with Crippen LogP contribution in [0.2, 0.25) is 0 Å².